The number of hydrogen-bond acceptors (Lipinski definition) is 8. The van der Waals surface area contributed by atoms with E-state index < -0.39 is 0 Å². The molecule has 7 aromatic rings. The molecule has 6 N–H and O–H groups in total. The zero-order chi connectivity index (χ0) is 51.2. The van der Waals surface area contributed by atoms with Crippen LogP contribution >= 0.6 is 0 Å². The number of benzene rings is 2. The summed E-state index contributed by atoms with van der Waals surface area (Å²) in [4.78, 5) is 77.4. The van der Waals surface area contributed by atoms with Crippen LogP contribution < -0.4 is 21.3 Å². The molecule has 8 bridgehead atoms. The summed E-state index contributed by atoms with van der Waals surface area (Å²) in [5, 5.41) is 11.3. The molecule has 9 rings (SSSR count). The van der Waals surface area contributed by atoms with Gasteiger partial charge in [0.2, 0.25) is 23.6 Å². The zero-order valence-electron chi connectivity index (χ0n) is 42.0. The van der Waals surface area contributed by atoms with E-state index in [2.05, 4.69) is 131 Å². The van der Waals surface area contributed by atoms with Crippen LogP contribution in [0.1, 0.15) is 103 Å². The second kappa shape index (κ2) is 18.9. The lowest BCUT2D eigenvalue weighted by Gasteiger charge is -2.19. The van der Waals surface area contributed by atoms with Crippen molar-refractivity contribution in [3.63, 3.8) is 0 Å². The molecule has 2 aliphatic rings. The Morgan fingerprint density at radius 3 is 0.847 bits per heavy atom. The Hall–Kier alpha value is -8.78. The average Bonchev–Trinajstić information content (AvgIpc) is 4.14. The molecule has 362 valence electrons. The minimum Gasteiger partial charge on any atom is -0.354 e. The second-order valence-electron chi connectivity index (χ2n) is 20.1. The van der Waals surface area contributed by atoms with Gasteiger partial charge in [-0.05, 0) is 117 Å². The number of fused-ring (bicyclic) bond motifs is 8. The quantitative estimate of drug-likeness (QED) is 0.0864. The van der Waals surface area contributed by atoms with Gasteiger partial charge in [-0.15, -0.1) is 0 Å². The molecular formula is C58H56N10O4. The molecule has 14 nitrogen and oxygen atoms in total. The lowest BCUT2D eigenvalue weighted by molar-refractivity contribution is -0.115. The van der Waals surface area contributed by atoms with Crippen molar-refractivity contribution in [2.45, 2.75) is 80.1 Å². The number of amides is 4. The summed E-state index contributed by atoms with van der Waals surface area (Å²) in [6.45, 7) is 18.7. The fourth-order valence-electron chi connectivity index (χ4n) is 9.02. The van der Waals surface area contributed by atoms with Gasteiger partial charge >= 0.3 is 0 Å². The van der Waals surface area contributed by atoms with Gasteiger partial charge in [0.25, 0.3) is 0 Å². The van der Waals surface area contributed by atoms with Crippen LogP contribution in [0.2, 0.25) is 0 Å². The Balaban J connectivity index is 1.46. The number of carbonyl (C=O) groups is 4. The summed E-state index contributed by atoms with van der Waals surface area (Å²) in [6, 6.07) is 32.1. The van der Waals surface area contributed by atoms with Crippen molar-refractivity contribution in [3.8, 4) is 44.5 Å². The van der Waals surface area contributed by atoms with E-state index in [0.717, 1.165) is 33.3 Å². The summed E-state index contributed by atoms with van der Waals surface area (Å²) in [5.41, 5.74) is 13.7. The molecule has 0 unspecified atom stereocenters. The van der Waals surface area contributed by atoms with Crippen molar-refractivity contribution in [1.29, 1.82) is 0 Å². The Morgan fingerprint density at radius 1 is 0.361 bits per heavy atom. The van der Waals surface area contributed by atoms with Gasteiger partial charge in [0.15, 0.2) is 0 Å². The number of H-pyrrole nitrogens is 2. The van der Waals surface area contributed by atoms with Crippen LogP contribution in [0.4, 0.5) is 23.3 Å². The van der Waals surface area contributed by atoms with Crippen molar-refractivity contribution < 1.29 is 19.2 Å². The van der Waals surface area contributed by atoms with Gasteiger partial charge in [-0.25, -0.2) is 19.9 Å². The predicted octanol–water partition coefficient (Wildman–Crippen LogP) is 12.5. The van der Waals surface area contributed by atoms with E-state index in [9.17, 15) is 19.2 Å². The third-order valence-electron chi connectivity index (χ3n) is 12.3. The number of aromatic nitrogens is 6. The van der Waals surface area contributed by atoms with Gasteiger partial charge in [-0.1, -0.05) is 90.1 Å². The molecule has 0 spiro atoms. The van der Waals surface area contributed by atoms with Gasteiger partial charge in [-0.2, -0.15) is 0 Å². The zero-order valence-corrected chi connectivity index (χ0v) is 42.0. The summed E-state index contributed by atoms with van der Waals surface area (Å²) in [7, 11) is 0. The van der Waals surface area contributed by atoms with Crippen LogP contribution in [0.15, 0.2) is 97.1 Å². The standard InChI is InChI=1S/C58H56N10O4/c1-31(69)59-49-27-37(28-50(67-49)60-32(2)70)55-45-23-19-41(63-45)53(35-11-15-39(16-12-35)57(5,6)7)43-21-25-47(65-43)56(38-29-51(61-33(3)71)68-52(30-38)62-34(4)72)48-26-22-44(66-48)54(42-20-24-46(55)64-42)36-13-17-40(18-14-36)58(8,9)10/h11-30,63,66H,1-10H3,(H2,59,60,67,69,70)(H2,61,62,68,71,72). The van der Waals surface area contributed by atoms with Crippen LogP contribution in [0.25, 0.3) is 90.9 Å². The van der Waals surface area contributed by atoms with Crippen molar-refractivity contribution in [3.05, 3.63) is 131 Å². The minimum absolute atomic E-state index is 0.0936. The molecule has 0 saturated heterocycles. The monoisotopic (exact) mass is 956 g/mol. The number of carbonyl (C=O) groups excluding carboxylic acids is 4. The molecule has 0 radical (unpaired) electrons. The van der Waals surface area contributed by atoms with E-state index in [1.807, 2.05) is 48.6 Å². The Kier molecular flexibility index (Phi) is 12.6. The molecule has 0 saturated carbocycles. The number of nitrogens with zero attached hydrogens (tertiary/aromatic N) is 4. The SMILES string of the molecule is CC(=O)Nc1cc(-c2c3nc(c(-c4ccc(C(C)(C)C)cc4)c4ccc([nH]4)c(-c4cc(NC(C)=O)nc(NC(C)=O)c4)c4nc(c(-c5ccc(C(C)(C)C)cc5)c5ccc2[nH]5)C=C4)C=C3)cc(NC(C)=O)n1. The van der Waals surface area contributed by atoms with Crippen LogP contribution in [0, 0.1) is 0 Å². The Bertz CT molecular complexity index is 3300. The number of hydrogen-bond donors (Lipinski definition) is 6. The first kappa shape index (κ1) is 48.3. The first-order valence-corrected chi connectivity index (χ1v) is 23.7. The predicted molar refractivity (Wildman–Crippen MR) is 291 cm³/mol. The Labute approximate surface area is 417 Å². The Morgan fingerprint density at radius 2 is 0.611 bits per heavy atom. The van der Waals surface area contributed by atoms with Crippen LogP contribution in [-0.4, -0.2) is 53.5 Å². The molecule has 2 aromatic carbocycles. The smallest absolute Gasteiger partial charge is 0.222 e. The summed E-state index contributed by atoms with van der Waals surface area (Å²) < 4.78 is 0. The molecule has 72 heavy (non-hydrogen) atoms. The first-order valence-electron chi connectivity index (χ1n) is 23.7. The normalized spacial score (nSPS) is 12.1. The molecule has 7 heterocycles. The number of anilines is 4. The third-order valence-corrected chi connectivity index (χ3v) is 12.3. The van der Waals surface area contributed by atoms with E-state index >= 15 is 0 Å². The van der Waals surface area contributed by atoms with E-state index in [-0.39, 0.29) is 57.7 Å². The number of rotatable bonds is 8. The highest BCUT2D eigenvalue weighted by atomic mass is 16.2. The van der Waals surface area contributed by atoms with Crippen molar-refractivity contribution >= 4 is 93.3 Å². The van der Waals surface area contributed by atoms with E-state index in [1.54, 1.807) is 24.3 Å². The lowest BCUT2D eigenvalue weighted by Crippen LogP contribution is -2.11. The minimum atomic E-state index is -0.321. The number of nitrogens with one attached hydrogen (secondary N) is 6. The molecule has 0 fully saturated rings. The van der Waals surface area contributed by atoms with Crippen molar-refractivity contribution in [2.75, 3.05) is 21.3 Å². The molecule has 0 atom stereocenters. The molecule has 0 aliphatic carbocycles. The van der Waals surface area contributed by atoms with E-state index in [0.29, 0.717) is 56.1 Å². The fourth-order valence-corrected chi connectivity index (χ4v) is 9.02. The summed E-state index contributed by atoms with van der Waals surface area (Å²) >= 11 is 0. The number of pyridine rings is 2. The first-order chi connectivity index (χ1) is 34.2. The van der Waals surface area contributed by atoms with Crippen LogP contribution in [0.3, 0.4) is 0 Å². The fraction of sp³-hybridized carbons (Fsp3) is 0.207. The van der Waals surface area contributed by atoms with Gasteiger partial charge in [0, 0.05) is 72.0 Å². The highest BCUT2D eigenvalue weighted by Gasteiger charge is 2.23. The third kappa shape index (κ3) is 10.2. The molecule has 4 amide bonds. The number of aromatic amines is 2. The van der Waals surface area contributed by atoms with Gasteiger partial charge in [-0.3, -0.25) is 19.2 Å². The maximum absolute atomic E-state index is 12.5. The van der Waals surface area contributed by atoms with Gasteiger partial charge in [0.05, 0.1) is 22.8 Å². The molecular weight excluding hydrogens is 901 g/mol. The summed E-state index contributed by atoms with van der Waals surface area (Å²) in [5.74, 6) is -0.279. The topological polar surface area (TPSA) is 200 Å². The highest BCUT2D eigenvalue weighted by molar-refractivity contribution is 6.02. The summed E-state index contributed by atoms with van der Waals surface area (Å²) in [6.07, 6.45) is 7.91. The van der Waals surface area contributed by atoms with Gasteiger partial charge < -0.3 is 31.2 Å². The van der Waals surface area contributed by atoms with Crippen LogP contribution in [0.5, 0.6) is 0 Å². The average molecular weight is 957 g/mol. The maximum Gasteiger partial charge on any atom is 0.222 e. The molecule has 5 aromatic heterocycles. The van der Waals surface area contributed by atoms with E-state index in [4.69, 9.17) is 9.97 Å². The largest absolute Gasteiger partial charge is 0.354 e. The van der Waals surface area contributed by atoms with Crippen molar-refractivity contribution in [2.24, 2.45) is 0 Å². The van der Waals surface area contributed by atoms with Crippen LogP contribution in [-0.2, 0) is 30.0 Å². The lowest BCUT2D eigenvalue weighted by atomic mass is 9.86. The highest BCUT2D eigenvalue weighted by Crippen LogP contribution is 2.41. The second-order valence-corrected chi connectivity index (χ2v) is 20.1. The molecule has 14 heteroatoms. The van der Waals surface area contributed by atoms with Gasteiger partial charge in [0.1, 0.15) is 23.3 Å². The molecule has 2 aliphatic heterocycles. The van der Waals surface area contributed by atoms with E-state index in [1.165, 1.54) is 38.8 Å². The van der Waals surface area contributed by atoms with Crippen molar-refractivity contribution in [1.82, 2.24) is 29.9 Å². The maximum atomic E-state index is 12.5.